The lowest BCUT2D eigenvalue weighted by Crippen LogP contribution is -2.53. The van der Waals surface area contributed by atoms with E-state index in [1.165, 1.54) is 0 Å². The van der Waals surface area contributed by atoms with Crippen LogP contribution in [-0.4, -0.2) is 63.5 Å². The second-order valence-corrected chi connectivity index (χ2v) is 12.3. The molecule has 8 heteroatoms. The van der Waals surface area contributed by atoms with Crippen molar-refractivity contribution in [3.63, 3.8) is 0 Å². The molecule has 4 heterocycles. The van der Waals surface area contributed by atoms with E-state index in [2.05, 4.69) is 50.9 Å². The summed E-state index contributed by atoms with van der Waals surface area (Å²) in [6.07, 6.45) is 6.15. The summed E-state index contributed by atoms with van der Waals surface area (Å²) in [6, 6.07) is 6.28. The van der Waals surface area contributed by atoms with Crippen molar-refractivity contribution in [1.29, 1.82) is 0 Å². The molecule has 1 aliphatic carbocycles. The third-order valence-electron chi connectivity index (χ3n) is 8.92. The Hall–Kier alpha value is -3.03. The third kappa shape index (κ3) is 4.28. The van der Waals surface area contributed by atoms with E-state index in [1.807, 2.05) is 9.80 Å². The molecule has 1 unspecified atom stereocenters. The highest BCUT2D eigenvalue weighted by atomic mass is 16.6. The minimum absolute atomic E-state index is 0.0267. The van der Waals surface area contributed by atoms with Gasteiger partial charge in [0.25, 0.3) is 0 Å². The molecule has 2 saturated heterocycles. The van der Waals surface area contributed by atoms with Crippen LogP contribution >= 0.6 is 0 Å². The number of amides is 2. The number of rotatable bonds is 4. The van der Waals surface area contributed by atoms with Crippen molar-refractivity contribution < 1.29 is 19.1 Å². The lowest BCUT2D eigenvalue weighted by Gasteiger charge is -2.46. The molecule has 1 aromatic carbocycles. The number of nitrogens with one attached hydrogen (secondary N) is 1. The highest BCUT2D eigenvalue weighted by Crippen LogP contribution is 2.51. The molecule has 1 N–H and O–H groups in total. The fourth-order valence-corrected chi connectivity index (χ4v) is 6.49. The smallest absolute Gasteiger partial charge is 0.410 e. The summed E-state index contributed by atoms with van der Waals surface area (Å²) in [5.74, 6) is 2.61. The predicted octanol–water partition coefficient (Wildman–Crippen LogP) is 5.12. The van der Waals surface area contributed by atoms with Gasteiger partial charge in [0.05, 0.1) is 18.0 Å². The molecule has 3 atom stereocenters. The number of carbonyl (C=O) groups is 2. The number of ether oxygens (including phenoxy) is 2. The number of fused-ring (bicyclic) bond motifs is 4. The Morgan fingerprint density at radius 3 is 2.76 bits per heavy atom. The molecule has 1 aromatic heterocycles. The van der Waals surface area contributed by atoms with Crippen LogP contribution in [0.3, 0.4) is 0 Å². The molecule has 1 saturated carbocycles. The maximum atomic E-state index is 12.8. The van der Waals surface area contributed by atoms with E-state index in [-0.39, 0.29) is 23.6 Å². The zero-order chi connectivity index (χ0) is 25.9. The number of aromatic nitrogens is 2. The SMILES string of the molecule is Cc1ccc2c(c1)O[C@@]1(CCN(C(=O)OCC3CC3)[C@@H](C)C1)c1[nH]c(C3CCN(C=O)C(C)(C)C3)nc1-2. The molecule has 1 spiro atoms. The Bertz CT molecular complexity index is 1220. The van der Waals surface area contributed by atoms with Crippen molar-refractivity contribution in [2.24, 2.45) is 5.92 Å². The van der Waals surface area contributed by atoms with Crippen LogP contribution in [-0.2, 0) is 15.1 Å². The van der Waals surface area contributed by atoms with Gasteiger partial charge in [-0.2, -0.15) is 0 Å². The minimum Gasteiger partial charge on any atom is -0.480 e. The van der Waals surface area contributed by atoms with Gasteiger partial charge in [0.2, 0.25) is 6.41 Å². The predicted molar refractivity (Wildman–Crippen MR) is 139 cm³/mol. The summed E-state index contributed by atoms with van der Waals surface area (Å²) in [5, 5.41) is 0. The summed E-state index contributed by atoms with van der Waals surface area (Å²) >= 11 is 0. The fraction of sp³-hybridized carbons (Fsp3) is 0.621. The second-order valence-electron chi connectivity index (χ2n) is 12.3. The monoisotopic (exact) mass is 506 g/mol. The Balaban J connectivity index is 1.32. The van der Waals surface area contributed by atoms with Crippen molar-refractivity contribution in [2.75, 3.05) is 19.7 Å². The van der Waals surface area contributed by atoms with Crippen molar-refractivity contribution in [2.45, 2.75) is 89.3 Å². The van der Waals surface area contributed by atoms with Gasteiger partial charge in [-0.25, -0.2) is 9.78 Å². The highest BCUT2D eigenvalue weighted by molar-refractivity contribution is 5.74. The van der Waals surface area contributed by atoms with E-state index < -0.39 is 5.60 Å². The standard InChI is InChI=1S/C29H38N4O4/c1-18-5-8-22-23(13-18)37-29(10-12-33(19(2)14-29)27(35)36-16-20-6-7-20)25-24(22)30-26(31-25)21-9-11-32(17-34)28(3,4)15-21/h5,8,13,17,19-21H,6-7,9-12,14-16H2,1-4H3,(H,30,31)/t19-,21?,29+/m0/s1. The number of hydrogen-bond donors (Lipinski definition) is 1. The first-order chi connectivity index (χ1) is 17.7. The van der Waals surface area contributed by atoms with E-state index in [9.17, 15) is 9.59 Å². The van der Waals surface area contributed by atoms with Crippen LogP contribution in [0, 0.1) is 12.8 Å². The van der Waals surface area contributed by atoms with Crippen LogP contribution in [0.2, 0.25) is 0 Å². The Morgan fingerprint density at radius 2 is 2.05 bits per heavy atom. The number of piperidine rings is 2. The molecule has 6 rings (SSSR count). The molecular weight excluding hydrogens is 468 g/mol. The molecule has 3 aliphatic heterocycles. The number of nitrogens with zero attached hydrogens (tertiary/aromatic N) is 3. The number of imidazole rings is 1. The van der Waals surface area contributed by atoms with Gasteiger partial charge in [-0.3, -0.25) is 4.79 Å². The van der Waals surface area contributed by atoms with Gasteiger partial charge in [-0.05, 0) is 77.0 Å². The van der Waals surface area contributed by atoms with Gasteiger partial charge in [0, 0.05) is 49.0 Å². The number of hydrogen-bond acceptors (Lipinski definition) is 5. The molecular formula is C29H38N4O4. The second kappa shape index (κ2) is 8.77. The molecule has 37 heavy (non-hydrogen) atoms. The van der Waals surface area contributed by atoms with Gasteiger partial charge in [-0.1, -0.05) is 6.07 Å². The van der Waals surface area contributed by atoms with Gasteiger partial charge < -0.3 is 24.3 Å². The Morgan fingerprint density at radius 1 is 1.24 bits per heavy atom. The topological polar surface area (TPSA) is 87.8 Å². The molecule has 3 fully saturated rings. The van der Waals surface area contributed by atoms with E-state index in [0.29, 0.717) is 31.9 Å². The molecule has 2 aromatic rings. The molecule has 2 amide bonds. The van der Waals surface area contributed by atoms with E-state index >= 15 is 0 Å². The van der Waals surface area contributed by atoms with Gasteiger partial charge >= 0.3 is 6.09 Å². The van der Waals surface area contributed by atoms with E-state index in [4.69, 9.17) is 14.5 Å². The summed E-state index contributed by atoms with van der Waals surface area (Å²) in [4.78, 5) is 37.1. The zero-order valence-corrected chi connectivity index (χ0v) is 22.4. The number of H-pyrrole nitrogens is 1. The van der Waals surface area contributed by atoms with E-state index in [0.717, 1.165) is 72.7 Å². The number of aromatic amines is 1. The summed E-state index contributed by atoms with van der Waals surface area (Å²) in [5.41, 5.74) is 3.34. The van der Waals surface area contributed by atoms with Crippen molar-refractivity contribution in [3.8, 4) is 17.0 Å². The first-order valence-electron chi connectivity index (χ1n) is 13.7. The molecule has 198 valence electrons. The normalized spacial score (nSPS) is 28.3. The average molecular weight is 507 g/mol. The maximum Gasteiger partial charge on any atom is 0.410 e. The Kier molecular flexibility index (Phi) is 5.77. The maximum absolute atomic E-state index is 12.8. The van der Waals surface area contributed by atoms with Gasteiger partial charge in [-0.15, -0.1) is 0 Å². The number of aryl methyl sites for hydroxylation is 1. The minimum atomic E-state index is -0.576. The first-order valence-corrected chi connectivity index (χ1v) is 13.7. The van der Waals surface area contributed by atoms with Gasteiger partial charge in [0.1, 0.15) is 11.6 Å². The quantitative estimate of drug-likeness (QED) is 0.582. The number of likely N-dealkylation sites (tertiary alicyclic amines) is 2. The molecule has 8 nitrogen and oxygen atoms in total. The van der Waals surface area contributed by atoms with Crippen LogP contribution in [0.1, 0.15) is 82.3 Å². The molecule has 4 aliphatic rings. The van der Waals surface area contributed by atoms with Crippen LogP contribution in [0.5, 0.6) is 5.75 Å². The van der Waals surface area contributed by atoms with Crippen LogP contribution in [0.15, 0.2) is 18.2 Å². The fourth-order valence-electron chi connectivity index (χ4n) is 6.49. The van der Waals surface area contributed by atoms with Crippen LogP contribution in [0.25, 0.3) is 11.3 Å². The van der Waals surface area contributed by atoms with Gasteiger partial charge in [0.15, 0.2) is 5.60 Å². The summed E-state index contributed by atoms with van der Waals surface area (Å²) in [7, 11) is 0. The lowest BCUT2D eigenvalue weighted by molar-refractivity contribution is -0.125. The Labute approximate surface area is 218 Å². The number of carbonyl (C=O) groups excluding carboxylic acids is 2. The van der Waals surface area contributed by atoms with Crippen LogP contribution in [0.4, 0.5) is 4.79 Å². The molecule has 0 radical (unpaired) electrons. The number of benzene rings is 1. The van der Waals surface area contributed by atoms with Crippen molar-refractivity contribution in [3.05, 3.63) is 35.3 Å². The summed E-state index contributed by atoms with van der Waals surface area (Å²) in [6.45, 7) is 10.2. The van der Waals surface area contributed by atoms with Crippen molar-refractivity contribution in [1.82, 2.24) is 19.8 Å². The lowest BCUT2D eigenvalue weighted by atomic mass is 9.80. The molecule has 0 bridgehead atoms. The average Bonchev–Trinajstić information content (AvgIpc) is 3.57. The zero-order valence-electron chi connectivity index (χ0n) is 22.4. The van der Waals surface area contributed by atoms with Crippen molar-refractivity contribution >= 4 is 12.5 Å². The first kappa shape index (κ1) is 24.3. The highest BCUT2D eigenvalue weighted by Gasteiger charge is 2.50. The van der Waals surface area contributed by atoms with E-state index in [1.54, 1.807) is 0 Å². The van der Waals surface area contributed by atoms with Crippen LogP contribution < -0.4 is 4.74 Å². The summed E-state index contributed by atoms with van der Waals surface area (Å²) < 4.78 is 12.5. The largest absolute Gasteiger partial charge is 0.480 e. The third-order valence-corrected chi connectivity index (χ3v) is 8.92.